The minimum Gasteiger partial charge on any atom is -0.491 e. The fraction of sp³-hybridized carbons (Fsp3) is 0.588. The number of rotatable bonds is 8. The number of carbonyl (C=O) groups is 1. The molecule has 21 heavy (non-hydrogen) atoms. The van der Waals surface area contributed by atoms with Gasteiger partial charge in [-0.1, -0.05) is 19.1 Å². The van der Waals surface area contributed by atoms with E-state index < -0.39 is 5.54 Å². The van der Waals surface area contributed by atoms with Crippen molar-refractivity contribution in [3.8, 4) is 5.75 Å². The molecular formula is C17H25NO3. The second kappa shape index (κ2) is 6.94. The Labute approximate surface area is 126 Å². The molecule has 116 valence electrons. The zero-order chi connectivity index (χ0) is 15.3. The zero-order valence-electron chi connectivity index (χ0n) is 13.1. The van der Waals surface area contributed by atoms with Crippen molar-refractivity contribution in [3.05, 3.63) is 29.8 Å². The van der Waals surface area contributed by atoms with Gasteiger partial charge in [0.25, 0.3) is 0 Å². The largest absolute Gasteiger partial charge is 0.491 e. The Morgan fingerprint density at radius 2 is 1.95 bits per heavy atom. The standard InChI is InChI=1S/C17H25NO3/c1-4-13-6-10-15(11-7-13)21-12-17(18-3,14-8-9-14)16(19)20-5-2/h6-7,10-11,14,18H,4-5,8-9,12H2,1-3H3. The first-order valence-corrected chi connectivity index (χ1v) is 7.74. The molecule has 0 heterocycles. The first-order valence-electron chi connectivity index (χ1n) is 7.74. The Balaban J connectivity index is 2.06. The number of benzene rings is 1. The van der Waals surface area contributed by atoms with Crippen molar-refractivity contribution >= 4 is 5.97 Å². The molecule has 0 aliphatic heterocycles. The van der Waals surface area contributed by atoms with Gasteiger partial charge < -0.3 is 14.8 Å². The minimum atomic E-state index is -0.723. The van der Waals surface area contributed by atoms with Crippen LogP contribution in [0.5, 0.6) is 5.75 Å². The summed E-state index contributed by atoms with van der Waals surface area (Å²) in [5, 5.41) is 3.16. The number of carbonyl (C=O) groups excluding carboxylic acids is 1. The van der Waals surface area contributed by atoms with Crippen molar-refractivity contribution in [1.82, 2.24) is 5.32 Å². The Kier molecular flexibility index (Phi) is 5.23. The minimum absolute atomic E-state index is 0.208. The molecule has 1 unspecified atom stereocenters. The van der Waals surface area contributed by atoms with Gasteiger partial charge in [0, 0.05) is 0 Å². The summed E-state index contributed by atoms with van der Waals surface area (Å²) in [7, 11) is 1.80. The molecule has 0 saturated heterocycles. The summed E-state index contributed by atoms with van der Waals surface area (Å²) in [5.74, 6) is 0.883. The summed E-state index contributed by atoms with van der Waals surface area (Å²) in [4.78, 5) is 12.3. The van der Waals surface area contributed by atoms with Crippen molar-refractivity contribution in [3.63, 3.8) is 0 Å². The predicted octanol–water partition coefficient (Wildman–Crippen LogP) is 2.56. The number of nitrogens with one attached hydrogen (secondary N) is 1. The van der Waals surface area contributed by atoms with Crippen LogP contribution in [0.4, 0.5) is 0 Å². The maximum atomic E-state index is 12.3. The van der Waals surface area contributed by atoms with Gasteiger partial charge in [0.05, 0.1) is 6.61 Å². The van der Waals surface area contributed by atoms with Gasteiger partial charge in [-0.2, -0.15) is 0 Å². The van der Waals surface area contributed by atoms with E-state index in [9.17, 15) is 4.79 Å². The highest BCUT2D eigenvalue weighted by Crippen LogP contribution is 2.40. The summed E-state index contributed by atoms with van der Waals surface area (Å²) in [5.41, 5.74) is 0.550. The van der Waals surface area contributed by atoms with Crippen LogP contribution in [0.1, 0.15) is 32.3 Å². The number of aryl methyl sites for hydroxylation is 1. The topological polar surface area (TPSA) is 47.6 Å². The molecule has 0 bridgehead atoms. The molecule has 4 heteroatoms. The van der Waals surface area contributed by atoms with E-state index in [2.05, 4.69) is 24.4 Å². The van der Waals surface area contributed by atoms with Crippen LogP contribution in [-0.2, 0) is 16.0 Å². The van der Waals surface area contributed by atoms with Crippen molar-refractivity contribution in [2.75, 3.05) is 20.3 Å². The second-order valence-electron chi connectivity index (χ2n) is 5.50. The summed E-state index contributed by atoms with van der Waals surface area (Å²) in [6, 6.07) is 8.02. The normalized spacial score (nSPS) is 17.1. The lowest BCUT2D eigenvalue weighted by Gasteiger charge is -2.31. The van der Waals surface area contributed by atoms with Gasteiger partial charge in [-0.3, -0.25) is 0 Å². The molecule has 4 nitrogen and oxygen atoms in total. The van der Waals surface area contributed by atoms with E-state index in [1.54, 1.807) is 7.05 Å². The first-order chi connectivity index (χ1) is 10.2. The molecule has 1 fully saturated rings. The molecular weight excluding hydrogens is 266 g/mol. The van der Waals surface area contributed by atoms with Crippen LogP contribution in [0, 0.1) is 5.92 Å². The van der Waals surface area contributed by atoms with Gasteiger partial charge in [-0.15, -0.1) is 0 Å². The number of esters is 1. The highest BCUT2D eigenvalue weighted by Gasteiger charge is 2.52. The summed E-state index contributed by atoms with van der Waals surface area (Å²) in [6.45, 7) is 4.64. The number of hydrogen-bond donors (Lipinski definition) is 1. The van der Waals surface area contributed by atoms with Gasteiger partial charge in [0.1, 0.15) is 12.4 Å². The fourth-order valence-corrected chi connectivity index (χ4v) is 2.58. The Morgan fingerprint density at radius 1 is 1.29 bits per heavy atom. The Hall–Kier alpha value is -1.55. The molecule has 2 rings (SSSR count). The van der Waals surface area contributed by atoms with E-state index in [0.29, 0.717) is 19.1 Å². The molecule has 1 saturated carbocycles. The highest BCUT2D eigenvalue weighted by molar-refractivity contribution is 5.82. The maximum Gasteiger partial charge on any atom is 0.330 e. The molecule has 0 amide bonds. The SMILES string of the molecule is CCOC(=O)C(COc1ccc(CC)cc1)(NC)C1CC1. The third-order valence-electron chi connectivity index (χ3n) is 4.16. The van der Waals surface area contributed by atoms with E-state index in [4.69, 9.17) is 9.47 Å². The van der Waals surface area contributed by atoms with E-state index in [-0.39, 0.29) is 5.97 Å². The number of likely N-dealkylation sites (N-methyl/N-ethyl adjacent to an activating group) is 1. The second-order valence-corrected chi connectivity index (χ2v) is 5.50. The maximum absolute atomic E-state index is 12.3. The molecule has 1 aromatic rings. The molecule has 1 N–H and O–H groups in total. The molecule has 1 atom stereocenters. The third-order valence-corrected chi connectivity index (χ3v) is 4.16. The first kappa shape index (κ1) is 15.8. The van der Waals surface area contributed by atoms with Crippen LogP contribution in [0.2, 0.25) is 0 Å². The molecule has 1 aromatic carbocycles. The molecule has 1 aliphatic carbocycles. The van der Waals surface area contributed by atoms with Gasteiger partial charge in [-0.25, -0.2) is 4.79 Å². The van der Waals surface area contributed by atoms with Gasteiger partial charge in [-0.05, 0) is 56.8 Å². The van der Waals surface area contributed by atoms with Crippen LogP contribution in [0.3, 0.4) is 0 Å². The van der Waals surface area contributed by atoms with Crippen molar-refractivity contribution in [1.29, 1.82) is 0 Å². The van der Waals surface area contributed by atoms with Crippen molar-refractivity contribution < 1.29 is 14.3 Å². The average molecular weight is 291 g/mol. The van der Waals surface area contributed by atoms with Gasteiger partial charge >= 0.3 is 5.97 Å². The number of ether oxygens (including phenoxy) is 2. The molecule has 1 aliphatic rings. The Morgan fingerprint density at radius 3 is 2.43 bits per heavy atom. The zero-order valence-corrected chi connectivity index (χ0v) is 13.1. The van der Waals surface area contributed by atoms with E-state index in [0.717, 1.165) is 25.0 Å². The summed E-state index contributed by atoms with van der Waals surface area (Å²) < 4.78 is 11.1. The van der Waals surface area contributed by atoms with E-state index in [1.807, 2.05) is 19.1 Å². The molecule has 0 spiro atoms. The lowest BCUT2D eigenvalue weighted by molar-refractivity contribution is -0.153. The quantitative estimate of drug-likeness (QED) is 0.748. The van der Waals surface area contributed by atoms with E-state index >= 15 is 0 Å². The smallest absolute Gasteiger partial charge is 0.330 e. The Bertz CT molecular complexity index is 467. The van der Waals surface area contributed by atoms with Crippen LogP contribution in [0.15, 0.2) is 24.3 Å². The van der Waals surface area contributed by atoms with Crippen molar-refractivity contribution in [2.45, 2.75) is 38.6 Å². The summed E-state index contributed by atoms with van der Waals surface area (Å²) in [6.07, 6.45) is 3.08. The lowest BCUT2D eigenvalue weighted by Crippen LogP contribution is -2.57. The van der Waals surface area contributed by atoms with Gasteiger partial charge in [0.2, 0.25) is 0 Å². The molecule has 0 radical (unpaired) electrons. The summed E-state index contributed by atoms with van der Waals surface area (Å²) >= 11 is 0. The monoisotopic (exact) mass is 291 g/mol. The number of hydrogen-bond acceptors (Lipinski definition) is 4. The average Bonchev–Trinajstić information content (AvgIpc) is 3.34. The van der Waals surface area contributed by atoms with Crippen LogP contribution in [0.25, 0.3) is 0 Å². The predicted molar refractivity (Wildman–Crippen MR) is 82.5 cm³/mol. The third kappa shape index (κ3) is 3.56. The lowest BCUT2D eigenvalue weighted by atomic mass is 9.94. The highest BCUT2D eigenvalue weighted by atomic mass is 16.5. The van der Waals surface area contributed by atoms with Crippen LogP contribution < -0.4 is 10.1 Å². The van der Waals surface area contributed by atoms with Gasteiger partial charge in [0.15, 0.2) is 5.54 Å². The van der Waals surface area contributed by atoms with Crippen LogP contribution in [-0.4, -0.2) is 31.8 Å². The van der Waals surface area contributed by atoms with E-state index in [1.165, 1.54) is 5.56 Å². The van der Waals surface area contributed by atoms with Crippen LogP contribution >= 0.6 is 0 Å². The fourth-order valence-electron chi connectivity index (χ4n) is 2.58. The molecule has 0 aromatic heterocycles. The van der Waals surface area contributed by atoms with Crippen molar-refractivity contribution in [2.24, 2.45) is 5.92 Å².